The Labute approximate surface area is 111 Å². The smallest absolute Gasteiger partial charge is 0.313 e. The van der Waals surface area contributed by atoms with Crippen LogP contribution in [0.2, 0.25) is 10.0 Å². The summed E-state index contributed by atoms with van der Waals surface area (Å²) in [6.45, 7) is 2.06. The Bertz CT molecular complexity index is 403. The fourth-order valence-corrected chi connectivity index (χ4v) is 2.63. The van der Waals surface area contributed by atoms with Crippen LogP contribution < -0.4 is 5.73 Å². The summed E-state index contributed by atoms with van der Waals surface area (Å²) in [5.41, 5.74) is 4.79. The number of carboxylic acid groups (broad SMARTS) is 1. The molecule has 0 aliphatic carbocycles. The van der Waals surface area contributed by atoms with Gasteiger partial charge in [0.15, 0.2) is 0 Å². The maximum Gasteiger partial charge on any atom is 0.313 e. The van der Waals surface area contributed by atoms with E-state index in [4.69, 9.17) is 28.9 Å². The highest BCUT2D eigenvalue weighted by Crippen LogP contribution is 2.39. The summed E-state index contributed by atoms with van der Waals surface area (Å²) in [7, 11) is 0. The van der Waals surface area contributed by atoms with Gasteiger partial charge in [0, 0.05) is 15.6 Å². The van der Waals surface area contributed by atoms with Crippen molar-refractivity contribution in [3.63, 3.8) is 0 Å². The van der Waals surface area contributed by atoms with Crippen LogP contribution in [-0.2, 0) is 10.2 Å². The van der Waals surface area contributed by atoms with E-state index in [-0.39, 0.29) is 0 Å². The first-order valence-electron chi connectivity index (χ1n) is 5.31. The lowest BCUT2D eigenvalue weighted by atomic mass is 9.78. The van der Waals surface area contributed by atoms with Gasteiger partial charge in [-0.25, -0.2) is 0 Å². The number of hydrogen-bond donors (Lipinski definition) is 2. The largest absolute Gasteiger partial charge is 0.481 e. The molecule has 0 aliphatic rings. The first-order valence-corrected chi connectivity index (χ1v) is 6.07. The van der Waals surface area contributed by atoms with Crippen LogP contribution in [0.3, 0.4) is 0 Å². The predicted molar refractivity (Wildman–Crippen MR) is 69.7 cm³/mol. The summed E-state index contributed by atoms with van der Waals surface area (Å²) in [5.74, 6) is -0.944. The molecule has 0 saturated heterocycles. The molecule has 5 heteroatoms. The third kappa shape index (κ3) is 2.92. The van der Waals surface area contributed by atoms with Crippen molar-refractivity contribution in [2.24, 2.45) is 5.73 Å². The van der Waals surface area contributed by atoms with Gasteiger partial charge >= 0.3 is 5.97 Å². The zero-order chi connectivity index (χ0) is 13.1. The van der Waals surface area contributed by atoms with Gasteiger partial charge in [-0.15, -0.1) is 0 Å². The average molecular weight is 276 g/mol. The van der Waals surface area contributed by atoms with Gasteiger partial charge in [0.2, 0.25) is 0 Å². The quantitative estimate of drug-likeness (QED) is 0.868. The topological polar surface area (TPSA) is 63.3 Å². The number of nitrogens with two attached hydrogens (primary N) is 1. The van der Waals surface area contributed by atoms with Crippen molar-refractivity contribution in [3.05, 3.63) is 33.8 Å². The number of aliphatic carboxylic acids is 1. The highest BCUT2D eigenvalue weighted by Gasteiger charge is 2.37. The third-order valence-corrected chi connectivity index (χ3v) is 3.50. The van der Waals surface area contributed by atoms with Crippen molar-refractivity contribution in [2.75, 3.05) is 6.54 Å². The van der Waals surface area contributed by atoms with E-state index >= 15 is 0 Å². The van der Waals surface area contributed by atoms with E-state index in [1.54, 1.807) is 25.1 Å². The van der Waals surface area contributed by atoms with Gasteiger partial charge in [-0.1, -0.05) is 29.3 Å². The number of hydrogen-bond acceptors (Lipinski definition) is 2. The van der Waals surface area contributed by atoms with Gasteiger partial charge in [0.05, 0.1) is 5.41 Å². The van der Waals surface area contributed by atoms with Gasteiger partial charge in [-0.3, -0.25) is 4.79 Å². The lowest BCUT2D eigenvalue weighted by Crippen LogP contribution is -2.33. The lowest BCUT2D eigenvalue weighted by molar-refractivity contribution is -0.143. The van der Waals surface area contributed by atoms with Crippen LogP contribution in [0.25, 0.3) is 0 Å². The number of carbonyl (C=O) groups is 1. The van der Waals surface area contributed by atoms with E-state index in [0.29, 0.717) is 35.0 Å². The molecule has 0 heterocycles. The molecule has 3 nitrogen and oxygen atoms in total. The summed E-state index contributed by atoms with van der Waals surface area (Å²) in [4.78, 5) is 11.5. The minimum Gasteiger partial charge on any atom is -0.481 e. The zero-order valence-electron chi connectivity index (χ0n) is 9.54. The Hall–Kier alpha value is -0.770. The van der Waals surface area contributed by atoms with Crippen LogP contribution in [0.5, 0.6) is 0 Å². The van der Waals surface area contributed by atoms with Gasteiger partial charge in [0.25, 0.3) is 0 Å². The lowest BCUT2D eigenvalue weighted by Gasteiger charge is -2.27. The Kier molecular flexibility index (Phi) is 4.80. The highest BCUT2D eigenvalue weighted by molar-refractivity contribution is 6.36. The molecule has 1 unspecified atom stereocenters. The molecule has 3 N–H and O–H groups in total. The minimum atomic E-state index is -1.10. The second-order valence-corrected chi connectivity index (χ2v) is 4.94. The van der Waals surface area contributed by atoms with Gasteiger partial charge < -0.3 is 10.8 Å². The van der Waals surface area contributed by atoms with Crippen molar-refractivity contribution in [3.8, 4) is 0 Å². The molecule has 0 radical (unpaired) electrons. The molecular formula is C12H15Cl2NO2. The third-order valence-electron chi connectivity index (χ3n) is 2.87. The minimum absolute atomic E-state index is 0.374. The first kappa shape index (κ1) is 14.3. The Morgan fingerprint density at radius 3 is 2.35 bits per heavy atom. The maximum absolute atomic E-state index is 11.5. The number of rotatable bonds is 5. The van der Waals surface area contributed by atoms with Crippen LogP contribution >= 0.6 is 23.2 Å². The summed E-state index contributed by atoms with van der Waals surface area (Å²) in [6, 6.07) is 4.98. The predicted octanol–water partition coefficient (Wildman–Crippen LogP) is 3.07. The Morgan fingerprint density at radius 2 is 1.94 bits per heavy atom. The zero-order valence-corrected chi connectivity index (χ0v) is 11.1. The average Bonchev–Trinajstić information content (AvgIpc) is 2.25. The van der Waals surface area contributed by atoms with Crippen molar-refractivity contribution < 1.29 is 9.90 Å². The number of halogens is 2. The van der Waals surface area contributed by atoms with E-state index in [1.165, 1.54) is 0 Å². The van der Waals surface area contributed by atoms with E-state index in [2.05, 4.69) is 0 Å². The summed E-state index contributed by atoms with van der Waals surface area (Å²) in [6.07, 6.45) is 1.01. The van der Waals surface area contributed by atoms with Crippen molar-refractivity contribution >= 4 is 29.2 Å². The van der Waals surface area contributed by atoms with Gasteiger partial charge in [-0.05, 0) is 38.4 Å². The Balaban J connectivity index is 3.27. The van der Waals surface area contributed by atoms with Crippen LogP contribution in [-0.4, -0.2) is 17.6 Å². The van der Waals surface area contributed by atoms with Crippen molar-refractivity contribution in [1.29, 1.82) is 0 Å². The molecule has 1 aromatic carbocycles. The van der Waals surface area contributed by atoms with Gasteiger partial charge in [-0.2, -0.15) is 0 Å². The molecule has 0 fully saturated rings. The molecule has 0 spiro atoms. The maximum atomic E-state index is 11.5. The van der Waals surface area contributed by atoms with Crippen molar-refractivity contribution in [1.82, 2.24) is 0 Å². The summed E-state index contributed by atoms with van der Waals surface area (Å²) >= 11 is 12.1. The molecular weight excluding hydrogens is 261 g/mol. The second-order valence-electron chi connectivity index (χ2n) is 4.13. The normalized spacial score (nSPS) is 14.4. The fourth-order valence-electron chi connectivity index (χ4n) is 1.82. The molecule has 1 atom stereocenters. The molecule has 0 bridgehead atoms. The molecule has 1 rings (SSSR count). The van der Waals surface area contributed by atoms with Crippen LogP contribution in [0.1, 0.15) is 25.3 Å². The van der Waals surface area contributed by atoms with E-state index in [9.17, 15) is 9.90 Å². The van der Waals surface area contributed by atoms with Crippen LogP contribution in [0.15, 0.2) is 18.2 Å². The SMILES string of the molecule is CC(CCCN)(C(=O)O)c1c(Cl)cccc1Cl. The monoisotopic (exact) mass is 275 g/mol. The van der Waals surface area contributed by atoms with Crippen molar-refractivity contribution in [2.45, 2.75) is 25.2 Å². The number of benzene rings is 1. The van der Waals surface area contributed by atoms with E-state index in [1.807, 2.05) is 0 Å². The highest BCUT2D eigenvalue weighted by atomic mass is 35.5. The number of carboxylic acids is 1. The molecule has 0 amide bonds. The standard InChI is InChI=1S/C12H15Cl2NO2/c1-12(11(16)17,6-3-7-15)10-8(13)4-2-5-9(10)14/h2,4-5H,3,6-7,15H2,1H3,(H,16,17). The summed E-state index contributed by atoms with van der Waals surface area (Å²) < 4.78 is 0. The fraction of sp³-hybridized carbons (Fsp3) is 0.417. The van der Waals surface area contributed by atoms with E-state index < -0.39 is 11.4 Å². The molecule has 17 heavy (non-hydrogen) atoms. The summed E-state index contributed by atoms with van der Waals surface area (Å²) in [5, 5.41) is 10.2. The molecule has 0 aromatic heterocycles. The molecule has 1 aromatic rings. The second kappa shape index (κ2) is 5.71. The van der Waals surface area contributed by atoms with E-state index in [0.717, 1.165) is 0 Å². The first-order chi connectivity index (χ1) is 7.93. The molecule has 0 saturated carbocycles. The van der Waals surface area contributed by atoms with Crippen LogP contribution in [0.4, 0.5) is 0 Å². The Morgan fingerprint density at radius 1 is 1.41 bits per heavy atom. The van der Waals surface area contributed by atoms with Gasteiger partial charge in [0.1, 0.15) is 0 Å². The molecule has 0 aliphatic heterocycles. The molecule has 94 valence electrons. The van der Waals surface area contributed by atoms with Crippen LogP contribution in [0, 0.1) is 0 Å².